The lowest BCUT2D eigenvalue weighted by Gasteiger charge is -2.32. The Morgan fingerprint density at radius 1 is 1.08 bits per heavy atom. The first-order valence-electron chi connectivity index (χ1n) is 8.82. The van der Waals surface area contributed by atoms with Crippen molar-refractivity contribution in [2.24, 2.45) is 5.92 Å². The zero-order valence-electron chi connectivity index (χ0n) is 14.4. The highest BCUT2D eigenvalue weighted by molar-refractivity contribution is 5.97. The molecular formula is C20H20N4O2. The average Bonchev–Trinajstić information content (AvgIpc) is 2.72. The van der Waals surface area contributed by atoms with E-state index < -0.39 is 0 Å². The van der Waals surface area contributed by atoms with Crippen molar-refractivity contribution in [3.8, 4) is 5.75 Å². The van der Waals surface area contributed by atoms with E-state index in [0.717, 1.165) is 36.2 Å². The van der Waals surface area contributed by atoms with Gasteiger partial charge in [0, 0.05) is 49.4 Å². The van der Waals surface area contributed by atoms with Crippen LogP contribution in [0.1, 0.15) is 23.2 Å². The summed E-state index contributed by atoms with van der Waals surface area (Å²) in [6.07, 6.45) is 8.79. The van der Waals surface area contributed by atoms with Crippen molar-refractivity contribution in [2.75, 3.05) is 19.7 Å². The molecule has 132 valence electrons. The molecule has 1 unspecified atom stereocenters. The smallest absolute Gasteiger partial charge is 0.253 e. The third-order valence-corrected chi connectivity index (χ3v) is 4.66. The summed E-state index contributed by atoms with van der Waals surface area (Å²) >= 11 is 0. The van der Waals surface area contributed by atoms with Gasteiger partial charge in [-0.15, -0.1) is 0 Å². The van der Waals surface area contributed by atoms with Crippen molar-refractivity contribution >= 4 is 16.9 Å². The number of carbonyl (C=O) groups excluding carboxylic acids is 1. The van der Waals surface area contributed by atoms with Crippen molar-refractivity contribution < 1.29 is 9.53 Å². The maximum Gasteiger partial charge on any atom is 0.253 e. The highest BCUT2D eigenvalue weighted by atomic mass is 16.5. The molecule has 1 saturated heterocycles. The van der Waals surface area contributed by atoms with Crippen LogP contribution < -0.4 is 4.74 Å². The fraction of sp³-hybridized carbons (Fsp3) is 0.300. The summed E-state index contributed by atoms with van der Waals surface area (Å²) < 4.78 is 5.84. The van der Waals surface area contributed by atoms with Gasteiger partial charge in [-0.3, -0.25) is 19.7 Å². The minimum Gasteiger partial charge on any atom is -0.493 e. The minimum atomic E-state index is 0.0474. The normalized spacial score (nSPS) is 17.2. The molecule has 0 radical (unpaired) electrons. The molecule has 3 heterocycles. The monoisotopic (exact) mass is 348 g/mol. The van der Waals surface area contributed by atoms with Gasteiger partial charge in [0.05, 0.1) is 17.6 Å². The number of piperidine rings is 1. The van der Waals surface area contributed by atoms with Crippen LogP contribution in [0.25, 0.3) is 11.0 Å². The van der Waals surface area contributed by atoms with E-state index in [4.69, 9.17) is 4.74 Å². The molecule has 1 aliphatic rings. The highest BCUT2D eigenvalue weighted by Crippen LogP contribution is 2.21. The van der Waals surface area contributed by atoms with Crippen molar-refractivity contribution in [3.63, 3.8) is 0 Å². The van der Waals surface area contributed by atoms with E-state index in [-0.39, 0.29) is 5.91 Å². The molecule has 1 aromatic carbocycles. The number of rotatable bonds is 4. The van der Waals surface area contributed by atoms with E-state index >= 15 is 0 Å². The molecule has 2 aromatic heterocycles. The maximum absolute atomic E-state index is 12.9. The Bertz CT molecular complexity index is 900. The van der Waals surface area contributed by atoms with E-state index in [0.29, 0.717) is 24.6 Å². The van der Waals surface area contributed by atoms with Crippen molar-refractivity contribution in [2.45, 2.75) is 12.8 Å². The van der Waals surface area contributed by atoms with Gasteiger partial charge in [0.15, 0.2) is 0 Å². The van der Waals surface area contributed by atoms with E-state index in [1.807, 2.05) is 35.2 Å². The zero-order chi connectivity index (χ0) is 17.8. The molecule has 0 spiro atoms. The SMILES string of the molecule is O=C(c1ccc2nccnc2c1)N1CCCC(COc2ccncc2)C1. The molecular weight excluding hydrogens is 328 g/mol. The number of hydrogen-bond acceptors (Lipinski definition) is 5. The molecule has 6 heteroatoms. The van der Waals surface area contributed by atoms with Gasteiger partial charge < -0.3 is 9.64 Å². The van der Waals surface area contributed by atoms with E-state index in [1.54, 1.807) is 24.8 Å². The molecule has 26 heavy (non-hydrogen) atoms. The number of hydrogen-bond donors (Lipinski definition) is 0. The fourth-order valence-corrected chi connectivity index (χ4v) is 3.31. The second-order valence-electron chi connectivity index (χ2n) is 6.51. The summed E-state index contributed by atoms with van der Waals surface area (Å²) in [5.41, 5.74) is 2.20. The summed E-state index contributed by atoms with van der Waals surface area (Å²) in [6, 6.07) is 9.20. The van der Waals surface area contributed by atoms with Crippen LogP contribution in [0.2, 0.25) is 0 Å². The number of ether oxygens (including phenoxy) is 1. The molecule has 0 bridgehead atoms. The standard InChI is InChI=1S/C20H20N4O2/c25-20(16-3-4-18-19(12-16)23-10-9-22-18)24-11-1-2-15(13-24)14-26-17-5-7-21-8-6-17/h3-10,12,15H,1-2,11,13-14H2. The third-order valence-electron chi connectivity index (χ3n) is 4.66. The number of amides is 1. The average molecular weight is 348 g/mol. The number of likely N-dealkylation sites (tertiary alicyclic amines) is 1. The van der Waals surface area contributed by atoms with E-state index in [1.165, 1.54) is 0 Å². The second kappa shape index (κ2) is 7.47. The molecule has 1 atom stereocenters. The number of fused-ring (bicyclic) bond motifs is 1. The summed E-state index contributed by atoms with van der Waals surface area (Å²) in [5.74, 6) is 1.20. The lowest BCUT2D eigenvalue weighted by Crippen LogP contribution is -2.41. The molecule has 0 N–H and O–H groups in total. The largest absolute Gasteiger partial charge is 0.493 e. The number of nitrogens with zero attached hydrogens (tertiary/aromatic N) is 4. The fourth-order valence-electron chi connectivity index (χ4n) is 3.31. The number of benzene rings is 1. The van der Waals surface area contributed by atoms with E-state index in [2.05, 4.69) is 15.0 Å². The zero-order valence-corrected chi connectivity index (χ0v) is 14.4. The van der Waals surface area contributed by atoms with Gasteiger partial charge >= 0.3 is 0 Å². The molecule has 1 aliphatic heterocycles. The van der Waals surface area contributed by atoms with Gasteiger partial charge in [-0.2, -0.15) is 0 Å². The van der Waals surface area contributed by atoms with Crippen LogP contribution in [-0.2, 0) is 0 Å². The van der Waals surface area contributed by atoms with Crippen LogP contribution in [0.3, 0.4) is 0 Å². The maximum atomic E-state index is 12.9. The molecule has 3 aromatic rings. The molecule has 1 fully saturated rings. The molecule has 0 aliphatic carbocycles. The summed E-state index contributed by atoms with van der Waals surface area (Å²) in [5, 5.41) is 0. The third kappa shape index (κ3) is 3.64. The van der Waals surface area contributed by atoms with Gasteiger partial charge in [-0.25, -0.2) is 0 Å². The quantitative estimate of drug-likeness (QED) is 0.725. The molecule has 0 saturated carbocycles. The van der Waals surface area contributed by atoms with Crippen molar-refractivity contribution in [1.82, 2.24) is 19.9 Å². The Morgan fingerprint density at radius 3 is 2.73 bits per heavy atom. The minimum absolute atomic E-state index is 0.0474. The Labute approximate surface area is 151 Å². The number of carbonyl (C=O) groups is 1. The summed E-state index contributed by atoms with van der Waals surface area (Å²) in [6.45, 7) is 2.10. The van der Waals surface area contributed by atoms with E-state index in [9.17, 15) is 4.79 Å². The Morgan fingerprint density at radius 2 is 1.88 bits per heavy atom. The molecule has 6 nitrogen and oxygen atoms in total. The number of pyridine rings is 1. The van der Waals surface area contributed by atoms with Crippen molar-refractivity contribution in [1.29, 1.82) is 0 Å². The van der Waals surface area contributed by atoms with Gasteiger partial charge in [0.2, 0.25) is 0 Å². The van der Waals surface area contributed by atoms with Crippen LogP contribution in [0, 0.1) is 5.92 Å². The Hall–Kier alpha value is -3.02. The topological polar surface area (TPSA) is 68.2 Å². The summed E-state index contributed by atoms with van der Waals surface area (Å²) in [4.78, 5) is 27.3. The lowest BCUT2D eigenvalue weighted by molar-refractivity contribution is 0.0633. The van der Waals surface area contributed by atoms with Crippen LogP contribution in [0.4, 0.5) is 0 Å². The molecule has 4 rings (SSSR count). The van der Waals surface area contributed by atoms with Crippen LogP contribution in [0.15, 0.2) is 55.1 Å². The number of aromatic nitrogens is 3. The van der Waals surface area contributed by atoms with Gasteiger partial charge in [-0.1, -0.05) is 0 Å². The first-order valence-corrected chi connectivity index (χ1v) is 8.82. The van der Waals surface area contributed by atoms with Crippen LogP contribution >= 0.6 is 0 Å². The first-order chi connectivity index (χ1) is 12.8. The lowest BCUT2D eigenvalue weighted by atomic mass is 9.98. The van der Waals surface area contributed by atoms with Gasteiger partial charge in [0.25, 0.3) is 5.91 Å². The second-order valence-corrected chi connectivity index (χ2v) is 6.51. The molecule has 1 amide bonds. The van der Waals surface area contributed by atoms with Crippen LogP contribution in [-0.4, -0.2) is 45.5 Å². The predicted molar refractivity (Wildman–Crippen MR) is 97.9 cm³/mol. The highest BCUT2D eigenvalue weighted by Gasteiger charge is 2.25. The predicted octanol–water partition coefficient (Wildman–Crippen LogP) is 2.96. The summed E-state index contributed by atoms with van der Waals surface area (Å²) in [7, 11) is 0. The Kier molecular flexibility index (Phi) is 4.73. The first kappa shape index (κ1) is 16.4. The Balaban J connectivity index is 1.42. The van der Waals surface area contributed by atoms with Gasteiger partial charge in [0.1, 0.15) is 5.75 Å². The van der Waals surface area contributed by atoms with Crippen LogP contribution in [0.5, 0.6) is 5.75 Å². The van der Waals surface area contributed by atoms with Gasteiger partial charge in [-0.05, 0) is 43.2 Å². The van der Waals surface area contributed by atoms with Crippen molar-refractivity contribution in [3.05, 3.63) is 60.7 Å².